The van der Waals surface area contributed by atoms with Crippen molar-refractivity contribution in [2.75, 3.05) is 53.0 Å². The Morgan fingerprint density at radius 3 is 2.56 bits per heavy atom. The van der Waals surface area contributed by atoms with Crippen LogP contribution in [0.2, 0.25) is 0 Å². The fourth-order valence-electron chi connectivity index (χ4n) is 4.41. The summed E-state index contributed by atoms with van der Waals surface area (Å²) < 4.78 is 11.2. The summed E-state index contributed by atoms with van der Waals surface area (Å²) in [5.74, 6) is 1.29. The summed E-state index contributed by atoms with van der Waals surface area (Å²) in [6.07, 6.45) is 4.09. The number of nitrogens with zero attached hydrogens (tertiary/aromatic N) is 2. The van der Waals surface area contributed by atoms with Gasteiger partial charge >= 0.3 is 0 Å². The number of hydrogen-bond acceptors (Lipinski definition) is 4. The molecule has 27 heavy (non-hydrogen) atoms. The predicted molar refractivity (Wildman–Crippen MR) is 107 cm³/mol. The average Bonchev–Trinajstić information content (AvgIpc) is 2.66. The van der Waals surface area contributed by atoms with E-state index in [1.807, 2.05) is 4.90 Å². The molecule has 1 aromatic rings. The molecule has 2 aliphatic heterocycles. The van der Waals surface area contributed by atoms with E-state index in [0.717, 1.165) is 51.5 Å². The van der Waals surface area contributed by atoms with Crippen LogP contribution in [0.4, 0.5) is 0 Å². The number of rotatable bonds is 7. The molecule has 2 heterocycles. The number of methoxy groups -OCH3 is 1. The van der Waals surface area contributed by atoms with Crippen molar-refractivity contribution >= 4 is 5.91 Å². The Balaban J connectivity index is 1.43. The SMILES string of the molecule is COCCN1CC2(CCC1=O)CCN(CCOc1ccc(C)cc1C)CC2. The second kappa shape index (κ2) is 9.07. The van der Waals surface area contributed by atoms with Gasteiger partial charge < -0.3 is 14.4 Å². The smallest absolute Gasteiger partial charge is 0.222 e. The van der Waals surface area contributed by atoms with E-state index in [1.165, 1.54) is 24.0 Å². The van der Waals surface area contributed by atoms with Gasteiger partial charge in [-0.25, -0.2) is 0 Å². The molecule has 2 fully saturated rings. The van der Waals surface area contributed by atoms with Gasteiger partial charge in [-0.15, -0.1) is 0 Å². The fourth-order valence-corrected chi connectivity index (χ4v) is 4.41. The molecule has 0 atom stereocenters. The van der Waals surface area contributed by atoms with Crippen molar-refractivity contribution in [1.82, 2.24) is 9.80 Å². The number of hydrogen-bond donors (Lipinski definition) is 0. The molecule has 0 saturated carbocycles. The average molecular weight is 375 g/mol. The third-order valence-corrected chi connectivity index (χ3v) is 6.23. The Labute approximate surface area is 163 Å². The molecule has 150 valence electrons. The van der Waals surface area contributed by atoms with Gasteiger partial charge in [-0.3, -0.25) is 9.69 Å². The first-order valence-electron chi connectivity index (χ1n) is 10.2. The van der Waals surface area contributed by atoms with Gasteiger partial charge in [-0.05, 0) is 63.2 Å². The molecule has 0 unspecified atom stereocenters. The molecule has 3 rings (SSSR count). The van der Waals surface area contributed by atoms with Crippen molar-refractivity contribution in [3.05, 3.63) is 29.3 Å². The second-order valence-electron chi connectivity index (χ2n) is 8.27. The molecule has 1 spiro atoms. The first-order valence-corrected chi connectivity index (χ1v) is 10.2. The maximum absolute atomic E-state index is 12.2. The Morgan fingerprint density at radius 1 is 1.07 bits per heavy atom. The van der Waals surface area contributed by atoms with Crippen molar-refractivity contribution in [2.24, 2.45) is 5.41 Å². The van der Waals surface area contributed by atoms with E-state index in [4.69, 9.17) is 9.47 Å². The summed E-state index contributed by atoms with van der Waals surface area (Å²) in [5.41, 5.74) is 2.79. The van der Waals surface area contributed by atoms with E-state index in [2.05, 4.69) is 36.9 Å². The third-order valence-electron chi connectivity index (χ3n) is 6.23. The van der Waals surface area contributed by atoms with Crippen LogP contribution in [-0.4, -0.2) is 68.8 Å². The van der Waals surface area contributed by atoms with Crippen molar-refractivity contribution < 1.29 is 14.3 Å². The maximum atomic E-state index is 12.2. The molecule has 5 nitrogen and oxygen atoms in total. The number of carbonyl (C=O) groups is 1. The zero-order valence-corrected chi connectivity index (χ0v) is 17.1. The minimum absolute atomic E-state index is 0.293. The van der Waals surface area contributed by atoms with Crippen molar-refractivity contribution in [3.63, 3.8) is 0 Å². The normalized spacial score (nSPS) is 20.3. The molecule has 0 radical (unpaired) electrons. The monoisotopic (exact) mass is 374 g/mol. The van der Waals surface area contributed by atoms with E-state index in [9.17, 15) is 4.79 Å². The Hall–Kier alpha value is -1.59. The molecule has 2 saturated heterocycles. The molecule has 0 aromatic heterocycles. The molecular formula is C22H34N2O3. The molecule has 1 aromatic carbocycles. The number of likely N-dealkylation sites (tertiary alicyclic amines) is 2. The Morgan fingerprint density at radius 2 is 1.85 bits per heavy atom. The summed E-state index contributed by atoms with van der Waals surface area (Å²) in [6, 6.07) is 6.34. The summed E-state index contributed by atoms with van der Waals surface area (Å²) in [5, 5.41) is 0. The van der Waals surface area contributed by atoms with Crippen LogP contribution in [0.15, 0.2) is 18.2 Å². The van der Waals surface area contributed by atoms with Gasteiger partial charge in [0.1, 0.15) is 12.4 Å². The first kappa shape index (κ1) is 20.2. The summed E-state index contributed by atoms with van der Waals surface area (Å²) in [4.78, 5) is 16.7. The maximum Gasteiger partial charge on any atom is 0.222 e. The lowest BCUT2D eigenvalue weighted by Crippen LogP contribution is -2.52. The van der Waals surface area contributed by atoms with Gasteiger partial charge in [0, 0.05) is 33.2 Å². The number of piperidine rings is 2. The molecule has 0 aliphatic carbocycles. The fraction of sp³-hybridized carbons (Fsp3) is 0.682. The van der Waals surface area contributed by atoms with Crippen LogP contribution in [0.1, 0.15) is 36.8 Å². The molecule has 1 amide bonds. The molecule has 0 N–H and O–H groups in total. The quantitative estimate of drug-likeness (QED) is 0.736. The molecule has 5 heteroatoms. The highest BCUT2D eigenvalue weighted by atomic mass is 16.5. The lowest BCUT2D eigenvalue weighted by Gasteiger charge is -2.47. The van der Waals surface area contributed by atoms with Crippen molar-refractivity contribution in [3.8, 4) is 5.75 Å². The number of benzene rings is 1. The van der Waals surface area contributed by atoms with Crippen LogP contribution in [0.5, 0.6) is 5.75 Å². The van der Waals surface area contributed by atoms with Crippen molar-refractivity contribution in [2.45, 2.75) is 39.5 Å². The summed E-state index contributed by atoms with van der Waals surface area (Å²) >= 11 is 0. The number of ether oxygens (including phenoxy) is 2. The van der Waals surface area contributed by atoms with E-state index in [1.54, 1.807) is 7.11 Å². The van der Waals surface area contributed by atoms with Crippen LogP contribution in [0.3, 0.4) is 0 Å². The van der Waals surface area contributed by atoms with Gasteiger partial charge in [0.25, 0.3) is 0 Å². The lowest BCUT2D eigenvalue weighted by atomic mass is 9.72. The van der Waals surface area contributed by atoms with E-state index in [-0.39, 0.29) is 0 Å². The summed E-state index contributed by atoms with van der Waals surface area (Å²) in [7, 11) is 1.70. The van der Waals surface area contributed by atoms with Gasteiger partial charge in [0.15, 0.2) is 0 Å². The van der Waals surface area contributed by atoms with Crippen LogP contribution in [-0.2, 0) is 9.53 Å². The topological polar surface area (TPSA) is 42.0 Å². The lowest BCUT2D eigenvalue weighted by molar-refractivity contribution is -0.139. The third kappa shape index (κ3) is 5.23. The van der Waals surface area contributed by atoms with E-state index >= 15 is 0 Å². The first-order chi connectivity index (χ1) is 13.0. The standard InChI is InChI=1S/C22H34N2O3/c1-18-4-5-20(19(2)16-18)27-15-12-23-10-8-22(9-11-23)7-6-21(25)24(17-22)13-14-26-3/h4-5,16H,6-15,17H2,1-3H3. The highest BCUT2D eigenvalue weighted by molar-refractivity contribution is 5.77. The summed E-state index contributed by atoms with van der Waals surface area (Å²) in [6.45, 7) is 10.4. The number of carbonyl (C=O) groups excluding carboxylic acids is 1. The zero-order chi connectivity index (χ0) is 19.3. The van der Waals surface area contributed by atoms with Crippen molar-refractivity contribution in [1.29, 1.82) is 0 Å². The second-order valence-corrected chi connectivity index (χ2v) is 8.27. The minimum atomic E-state index is 0.293. The largest absolute Gasteiger partial charge is 0.492 e. The molecular weight excluding hydrogens is 340 g/mol. The van der Waals surface area contributed by atoms with Gasteiger partial charge in [-0.1, -0.05) is 17.7 Å². The molecule has 0 bridgehead atoms. The van der Waals surface area contributed by atoms with E-state index in [0.29, 0.717) is 24.3 Å². The minimum Gasteiger partial charge on any atom is -0.492 e. The van der Waals surface area contributed by atoms with Gasteiger partial charge in [-0.2, -0.15) is 0 Å². The van der Waals surface area contributed by atoms with E-state index < -0.39 is 0 Å². The number of amides is 1. The highest BCUT2D eigenvalue weighted by Gasteiger charge is 2.40. The van der Waals surface area contributed by atoms with Crippen LogP contribution in [0, 0.1) is 19.3 Å². The predicted octanol–water partition coefficient (Wildman–Crippen LogP) is 3.03. The van der Waals surface area contributed by atoms with Crippen LogP contribution >= 0.6 is 0 Å². The molecule has 2 aliphatic rings. The van der Waals surface area contributed by atoms with Gasteiger partial charge in [0.2, 0.25) is 5.91 Å². The number of aryl methyl sites for hydroxylation is 2. The van der Waals surface area contributed by atoms with Crippen LogP contribution < -0.4 is 4.74 Å². The highest BCUT2D eigenvalue weighted by Crippen LogP contribution is 2.40. The zero-order valence-electron chi connectivity index (χ0n) is 17.1. The van der Waals surface area contributed by atoms with Gasteiger partial charge in [0.05, 0.1) is 6.61 Å². The Bertz CT molecular complexity index is 638. The Kier molecular flexibility index (Phi) is 6.77. The van der Waals surface area contributed by atoms with Crippen LogP contribution in [0.25, 0.3) is 0 Å².